The third-order valence-corrected chi connectivity index (χ3v) is 1.90. The second kappa shape index (κ2) is 4.28. The summed E-state index contributed by atoms with van der Waals surface area (Å²) >= 11 is 0. The van der Waals surface area contributed by atoms with Crippen LogP contribution >= 0.6 is 0 Å². The Bertz CT molecular complexity index is 268. The summed E-state index contributed by atoms with van der Waals surface area (Å²) in [6.45, 7) is 5.49. The minimum absolute atomic E-state index is 0.424. The lowest BCUT2D eigenvalue weighted by Crippen LogP contribution is -2.12. The highest BCUT2D eigenvalue weighted by molar-refractivity contribution is 5.18. The predicted octanol–water partition coefficient (Wildman–Crippen LogP) is 0.974. The van der Waals surface area contributed by atoms with Gasteiger partial charge in [-0.15, -0.1) is 0 Å². The normalized spacial score (nSPS) is 10.8. The Morgan fingerprint density at radius 1 is 1.62 bits per heavy atom. The van der Waals surface area contributed by atoms with Gasteiger partial charge in [-0.25, -0.2) is 4.68 Å². The smallest absolute Gasteiger partial charge is 0.211 e. The van der Waals surface area contributed by atoms with Gasteiger partial charge in [-0.05, 0) is 5.92 Å². The van der Waals surface area contributed by atoms with Gasteiger partial charge in [0.1, 0.15) is 0 Å². The minimum Gasteiger partial charge on any atom is -0.481 e. The molecule has 0 saturated heterocycles. The molecule has 74 valence electrons. The summed E-state index contributed by atoms with van der Waals surface area (Å²) in [6.07, 6.45) is 0. The topological polar surface area (TPSA) is 53.1 Å². The number of nitrogens with two attached hydrogens (primary N) is 1. The van der Waals surface area contributed by atoms with E-state index in [0.717, 1.165) is 11.6 Å². The molecule has 0 atom stereocenters. The molecule has 0 unspecified atom stereocenters. The quantitative estimate of drug-likeness (QED) is 0.756. The second-order valence-electron chi connectivity index (χ2n) is 3.28. The Labute approximate surface area is 78.7 Å². The van der Waals surface area contributed by atoms with Crippen LogP contribution in [0.3, 0.4) is 0 Å². The highest BCUT2D eigenvalue weighted by Crippen LogP contribution is 2.19. The number of aromatic nitrogens is 2. The molecular formula is C9H17N3O. The lowest BCUT2D eigenvalue weighted by atomic mass is 10.1. The summed E-state index contributed by atoms with van der Waals surface area (Å²) in [7, 11) is 1.65. The molecule has 0 aliphatic rings. The Kier molecular flexibility index (Phi) is 3.31. The second-order valence-corrected chi connectivity index (χ2v) is 3.28. The van der Waals surface area contributed by atoms with Crippen LogP contribution in [0.25, 0.3) is 0 Å². The molecule has 0 amide bonds. The maximum absolute atomic E-state index is 5.45. The fraction of sp³-hybridized carbons (Fsp3) is 0.667. The van der Waals surface area contributed by atoms with Crippen molar-refractivity contribution >= 4 is 0 Å². The number of nitrogens with zero attached hydrogens (tertiary/aromatic N) is 2. The van der Waals surface area contributed by atoms with Crippen LogP contribution < -0.4 is 10.5 Å². The van der Waals surface area contributed by atoms with Crippen LogP contribution in [0, 0.1) is 0 Å². The molecule has 13 heavy (non-hydrogen) atoms. The molecule has 0 bridgehead atoms. The summed E-state index contributed by atoms with van der Waals surface area (Å²) in [4.78, 5) is 0. The average molecular weight is 183 g/mol. The third kappa shape index (κ3) is 2.21. The standard InChI is InChI=1S/C9H17N3O/c1-7(2)8-6-9(13-3)12(11-8)5-4-10/h6-7H,4-5,10H2,1-3H3. The number of hydrogen-bond acceptors (Lipinski definition) is 3. The van der Waals surface area contributed by atoms with Gasteiger partial charge in [0.15, 0.2) is 0 Å². The molecule has 0 fully saturated rings. The summed E-state index contributed by atoms with van der Waals surface area (Å²) in [5, 5.41) is 4.38. The minimum atomic E-state index is 0.424. The van der Waals surface area contributed by atoms with Crippen molar-refractivity contribution in [3.63, 3.8) is 0 Å². The molecule has 0 radical (unpaired) electrons. The number of rotatable bonds is 4. The SMILES string of the molecule is COc1cc(C(C)C)nn1CCN. The first kappa shape index (κ1) is 10.1. The molecule has 2 N–H and O–H groups in total. The molecule has 1 heterocycles. The first-order chi connectivity index (χ1) is 6.19. The van der Waals surface area contributed by atoms with Crippen LogP contribution in [0.1, 0.15) is 25.5 Å². The van der Waals surface area contributed by atoms with E-state index in [1.165, 1.54) is 0 Å². The lowest BCUT2D eigenvalue weighted by Gasteiger charge is -2.02. The van der Waals surface area contributed by atoms with Crippen molar-refractivity contribution in [1.82, 2.24) is 9.78 Å². The highest BCUT2D eigenvalue weighted by Gasteiger charge is 2.09. The molecule has 0 aliphatic carbocycles. The molecule has 1 aromatic heterocycles. The highest BCUT2D eigenvalue weighted by atomic mass is 16.5. The molecule has 0 aliphatic heterocycles. The van der Waals surface area contributed by atoms with E-state index in [4.69, 9.17) is 10.5 Å². The molecule has 1 rings (SSSR count). The van der Waals surface area contributed by atoms with Crippen LogP contribution in [0.15, 0.2) is 6.07 Å². The van der Waals surface area contributed by atoms with Crippen LogP contribution in [-0.2, 0) is 6.54 Å². The van der Waals surface area contributed by atoms with Crippen molar-refractivity contribution in [3.8, 4) is 5.88 Å². The maximum atomic E-state index is 5.45. The van der Waals surface area contributed by atoms with Crippen molar-refractivity contribution in [2.24, 2.45) is 5.73 Å². The van der Waals surface area contributed by atoms with E-state index in [2.05, 4.69) is 18.9 Å². The van der Waals surface area contributed by atoms with E-state index in [1.807, 2.05) is 6.07 Å². The zero-order chi connectivity index (χ0) is 9.84. The van der Waals surface area contributed by atoms with Gasteiger partial charge in [-0.2, -0.15) is 5.10 Å². The predicted molar refractivity (Wildman–Crippen MR) is 51.9 cm³/mol. The Balaban J connectivity index is 2.90. The summed E-state index contributed by atoms with van der Waals surface area (Å²) in [5.74, 6) is 1.21. The van der Waals surface area contributed by atoms with Crippen LogP contribution in [-0.4, -0.2) is 23.4 Å². The first-order valence-electron chi connectivity index (χ1n) is 4.50. The van der Waals surface area contributed by atoms with Gasteiger partial charge in [-0.3, -0.25) is 0 Å². The summed E-state index contributed by atoms with van der Waals surface area (Å²) in [5.41, 5.74) is 6.50. The Hall–Kier alpha value is -1.03. The van der Waals surface area contributed by atoms with E-state index in [9.17, 15) is 0 Å². The van der Waals surface area contributed by atoms with Crippen molar-refractivity contribution in [3.05, 3.63) is 11.8 Å². The molecule has 0 aromatic carbocycles. The maximum Gasteiger partial charge on any atom is 0.211 e. The van der Waals surface area contributed by atoms with Crippen LogP contribution in [0.2, 0.25) is 0 Å². The molecular weight excluding hydrogens is 166 g/mol. The zero-order valence-electron chi connectivity index (χ0n) is 8.45. The van der Waals surface area contributed by atoms with Crippen molar-refractivity contribution in [2.45, 2.75) is 26.3 Å². The van der Waals surface area contributed by atoms with E-state index < -0.39 is 0 Å². The van der Waals surface area contributed by atoms with Gasteiger partial charge in [-0.1, -0.05) is 13.8 Å². The van der Waals surface area contributed by atoms with Crippen molar-refractivity contribution in [2.75, 3.05) is 13.7 Å². The molecule has 4 heteroatoms. The fourth-order valence-electron chi connectivity index (χ4n) is 1.15. The van der Waals surface area contributed by atoms with Gasteiger partial charge < -0.3 is 10.5 Å². The van der Waals surface area contributed by atoms with Gasteiger partial charge >= 0.3 is 0 Å². The summed E-state index contributed by atoms with van der Waals surface area (Å²) in [6, 6.07) is 1.96. The molecule has 4 nitrogen and oxygen atoms in total. The monoisotopic (exact) mass is 183 g/mol. The van der Waals surface area contributed by atoms with Crippen LogP contribution in [0.5, 0.6) is 5.88 Å². The first-order valence-corrected chi connectivity index (χ1v) is 4.50. The van der Waals surface area contributed by atoms with Gasteiger partial charge in [0.2, 0.25) is 5.88 Å². The average Bonchev–Trinajstić information content (AvgIpc) is 2.48. The molecule has 0 saturated carbocycles. The Morgan fingerprint density at radius 2 is 2.31 bits per heavy atom. The van der Waals surface area contributed by atoms with E-state index >= 15 is 0 Å². The Morgan fingerprint density at radius 3 is 2.77 bits per heavy atom. The van der Waals surface area contributed by atoms with Crippen molar-refractivity contribution < 1.29 is 4.74 Å². The summed E-state index contributed by atoms with van der Waals surface area (Å²) < 4.78 is 6.97. The van der Waals surface area contributed by atoms with E-state index in [0.29, 0.717) is 19.0 Å². The van der Waals surface area contributed by atoms with Crippen molar-refractivity contribution in [1.29, 1.82) is 0 Å². The largest absolute Gasteiger partial charge is 0.481 e. The number of ether oxygens (including phenoxy) is 1. The molecule has 0 spiro atoms. The van der Waals surface area contributed by atoms with Crippen LogP contribution in [0.4, 0.5) is 0 Å². The van der Waals surface area contributed by atoms with Gasteiger partial charge in [0.05, 0.1) is 19.3 Å². The zero-order valence-corrected chi connectivity index (χ0v) is 8.45. The van der Waals surface area contributed by atoms with Gasteiger partial charge in [0, 0.05) is 12.6 Å². The van der Waals surface area contributed by atoms with E-state index in [-0.39, 0.29) is 0 Å². The van der Waals surface area contributed by atoms with E-state index in [1.54, 1.807) is 11.8 Å². The third-order valence-electron chi connectivity index (χ3n) is 1.90. The number of hydrogen-bond donors (Lipinski definition) is 1. The fourth-order valence-corrected chi connectivity index (χ4v) is 1.15. The number of methoxy groups -OCH3 is 1. The molecule has 1 aromatic rings. The lowest BCUT2D eigenvalue weighted by molar-refractivity contribution is 0.361. The van der Waals surface area contributed by atoms with Gasteiger partial charge in [0.25, 0.3) is 0 Å².